The first-order valence-corrected chi connectivity index (χ1v) is 6.54. The number of amides is 1. The van der Waals surface area contributed by atoms with Gasteiger partial charge in [0.1, 0.15) is 12.7 Å². The van der Waals surface area contributed by atoms with Crippen LogP contribution in [0.3, 0.4) is 0 Å². The number of pyridine rings is 1. The summed E-state index contributed by atoms with van der Waals surface area (Å²) in [6, 6.07) is 1.43. The minimum absolute atomic E-state index is 0.0421. The zero-order valence-corrected chi connectivity index (χ0v) is 12.0. The number of hydrogen-bond acceptors (Lipinski definition) is 3. The van der Waals surface area contributed by atoms with Gasteiger partial charge in [0.25, 0.3) is 0 Å². The van der Waals surface area contributed by atoms with E-state index in [1.165, 1.54) is 0 Å². The Morgan fingerprint density at radius 1 is 1.50 bits per heavy atom. The quantitative estimate of drug-likeness (QED) is 0.847. The van der Waals surface area contributed by atoms with Gasteiger partial charge < -0.3 is 10.6 Å². The number of alkyl halides is 1. The van der Waals surface area contributed by atoms with Gasteiger partial charge in [0.15, 0.2) is 0 Å². The maximum atomic E-state index is 12.0. The average molecular weight is 318 g/mol. The lowest BCUT2D eigenvalue weighted by Gasteiger charge is -2.22. The first-order chi connectivity index (χ1) is 8.54. The van der Waals surface area contributed by atoms with Gasteiger partial charge in [0.2, 0.25) is 5.91 Å². The molecule has 0 aliphatic rings. The molecule has 1 heterocycles. The van der Waals surface area contributed by atoms with Gasteiger partial charge in [0, 0.05) is 17.2 Å². The molecule has 0 fully saturated rings. The number of rotatable bonds is 6. The van der Waals surface area contributed by atoms with E-state index in [2.05, 4.69) is 31.5 Å². The van der Waals surface area contributed by atoms with Crippen LogP contribution in [0.1, 0.15) is 13.8 Å². The maximum Gasteiger partial charge on any atom is 0.242 e. The molecule has 0 bridgehead atoms. The molecule has 6 heteroatoms. The summed E-state index contributed by atoms with van der Waals surface area (Å²) in [5.41, 5.74) is 0.749. The van der Waals surface area contributed by atoms with E-state index in [0.717, 1.165) is 10.2 Å². The summed E-state index contributed by atoms with van der Waals surface area (Å²) < 4.78 is 12.9. The van der Waals surface area contributed by atoms with Gasteiger partial charge in [-0.2, -0.15) is 0 Å². The zero-order chi connectivity index (χ0) is 13.5. The fourth-order valence-electron chi connectivity index (χ4n) is 1.49. The van der Waals surface area contributed by atoms with Crippen molar-refractivity contribution in [2.45, 2.75) is 19.9 Å². The summed E-state index contributed by atoms with van der Waals surface area (Å²) in [4.78, 5) is 15.9. The Kier molecular flexibility index (Phi) is 6.04. The van der Waals surface area contributed by atoms with E-state index in [1.54, 1.807) is 12.4 Å². The van der Waals surface area contributed by atoms with Crippen LogP contribution in [0.25, 0.3) is 0 Å². The lowest BCUT2D eigenvalue weighted by Crippen LogP contribution is -2.43. The van der Waals surface area contributed by atoms with Crippen molar-refractivity contribution in [1.82, 2.24) is 10.3 Å². The molecule has 0 saturated carbocycles. The van der Waals surface area contributed by atoms with Crippen molar-refractivity contribution < 1.29 is 9.18 Å². The standard InChI is InChI=1S/C12H17BrFN3O/c1-8(2)11(12(18)16-4-3-14)17-10-5-9(13)6-15-7-10/h5-8,11,17H,3-4H2,1-2H3,(H,16,18)/t11-/m1/s1. The van der Waals surface area contributed by atoms with Gasteiger partial charge >= 0.3 is 0 Å². The number of carbonyl (C=O) groups is 1. The summed E-state index contributed by atoms with van der Waals surface area (Å²) in [5, 5.41) is 5.64. The molecule has 0 aromatic carbocycles. The fraction of sp³-hybridized carbons (Fsp3) is 0.500. The Balaban J connectivity index is 2.71. The lowest BCUT2D eigenvalue weighted by molar-refractivity contribution is -0.122. The van der Waals surface area contributed by atoms with Crippen LogP contribution < -0.4 is 10.6 Å². The van der Waals surface area contributed by atoms with Gasteiger partial charge in [-0.15, -0.1) is 0 Å². The van der Waals surface area contributed by atoms with Crippen molar-refractivity contribution in [3.05, 3.63) is 22.9 Å². The number of aromatic nitrogens is 1. The van der Waals surface area contributed by atoms with Crippen LogP contribution in [0.5, 0.6) is 0 Å². The van der Waals surface area contributed by atoms with Crippen LogP contribution in [-0.4, -0.2) is 30.2 Å². The summed E-state index contributed by atoms with van der Waals surface area (Å²) in [6.45, 7) is 3.34. The highest BCUT2D eigenvalue weighted by molar-refractivity contribution is 9.10. The Bertz CT molecular complexity index is 401. The van der Waals surface area contributed by atoms with E-state index in [-0.39, 0.29) is 18.4 Å². The summed E-state index contributed by atoms with van der Waals surface area (Å²) >= 11 is 3.32. The normalized spacial score (nSPS) is 12.3. The number of anilines is 1. The smallest absolute Gasteiger partial charge is 0.242 e. The molecule has 2 N–H and O–H groups in total. The predicted molar refractivity (Wildman–Crippen MR) is 73.2 cm³/mol. The second kappa shape index (κ2) is 7.31. The van der Waals surface area contributed by atoms with Crippen LogP contribution in [-0.2, 0) is 4.79 Å². The van der Waals surface area contributed by atoms with E-state index < -0.39 is 12.7 Å². The molecular formula is C12H17BrFN3O. The molecule has 1 atom stereocenters. The van der Waals surface area contributed by atoms with Gasteiger partial charge in [-0.05, 0) is 27.9 Å². The van der Waals surface area contributed by atoms with Gasteiger partial charge in [-0.3, -0.25) is 9.78 Å². The topological polar surface area (TPSA) is 54.0 Å². The number of halogens is 2. The third-order valence-electron chi connectivity index (χ3n) is 2.37. The Morgan fingerprint density at radius 2 is 2.22 bits per heavy atom. The summed E-state index contributed by atoms with van der Waals surface area (Å²) in [5.74, 6) is -0.119. The minimum Gasteiger partial charge on any atom is -0.372 e. The van der Waals surface area contributed by atoms with Crippen molar-refractivity contribution in [1.29, 1.82) is 0 Å². The summed E-state index contributed by atoms with van der Waals surface area (Å²) in [7, 11) is 0. The third kappa shape index (κ3) is 4.60. The number of nitrogens with one attached hydrogen (secondary N) is 2. The van der Waals surface area contributed by atoms with E-state index in [0.29, 0.717) is 0 Å². The number of hydrogen-bond donors (Lipinski definition) is 2. The molecule has 0 spiro atoms. The molecule has 1 amide bonds. The molecule has 0 aliphatic heterocycles. The third-order valence-corrected chi connectivity index (χ3v) is 2.80. The molecule has 18 heavy (non-hydrogen) atoms. The first kappa shape index (κ1) is 14.9. The lowest BCUT2D eigenvalue weighted by atomic mass is 10.0. The van der Waals surface area contributed by atoms with Crippen LogP contribution in [0.2, 0.25) is 0 Å². The molecular weight excluding hydrogens is 301 g/mol. The Labute approximate surface area is 114 Å². The van der Waals surface area contributed by atoms with Crippen LogP contribution in [0, 0.1) is 5.92 Å². The minimum atomic E-state index is -0.561. The van der Waals surface area contributed by atoms with Gasteiger partial charge in [-0.1, -0.05) is 13.8 Å². The van der Waals surface area contributed by atoms with Crippen molar-refractivity contribution in [2.75, 3.05) is 18.5 Å². The first-order valence-electron chi connectivity index (χ1n) is 5.75. The highest BCUT2D eigenvalue weighted by Gasteiger charge is 2.21. The van der Waals surface area contributed by atoms with Crippen molar-refractivity contribution >= 4 is 27.5 Å². The van der Waals surface area contributed by atoms with Crippen LogP contribution in [0.15, 0.2) is 22.9 Å². The molecule has 0 saturated heterocycles. The predicted octanol–water partition coefficient (Wildman–Crippen LogP) is 2.37. The highest BCUT2D eigenvalue weighted by atomic mass is 79.9. The van der Waals surface area contributed by atoms with E-state index >= 15 is 0 Å². The van der Waals surface area contributed by atoms with Crippen molar-refractivity contribution in [3.63, 3.8) is 0 Å². The van der Waals surface area contributed by atoms with Crippen LogP contribution >= 0.6 is 15.9 Å². The second-order valence-corrected chi connectivity index (χ2v) is 5.15. The number of carbonyl (C=O) groups excluding carboxylic acids is 1. The molecule has 0 radical (unpaired) electrons. The number of nitrogens with zero attached hydrogens (tertiary/aromatic N) is 1. The highest BCUT2D eigenvalue weighted by Crippen LogP contribution is 2.16. The fourth-order valence-corrected chi connectivity index (χ4v) is 1.85. The van der Waals surface area contributed by atoms with Gasteiger partial charge in [0.05, 0.1) is 11.9 Å². The molecule has 1 aromatic heterocycles. The molecule has 1 rings (SSSR count). The van der Waals surface area contributed by atoms with E-state index in [4.69, 9.17) is 0 Å². The van der Waals surface area contributed by atoms with E-state index in [9.17, 15) is 9.18 Å². The monoisotopic (exact) mass is 317 g/mol. The summed E-state index contributed by atoms with van der Waals surface area (Å²) in [6.07, 6.45) is 3.31. The van der Waals surface area contributed by atoms with Crippen LogP contribution in [0.4, 0.5) is 10.1 Å². The largest absolute Gasteiger partial charge is 0.372 e. The van der Waals surface area contributed by atoms with Crippen molar-refractivity contribution in [2.24, 2.45) is 5.92 Å². The molecule has 0 unspecified atom stereocenters. The second-order valence-electron chi connectivity index (χ2n) is 4.24. The average Bonchev–Trinajstić information content (AvgIpc) is 2.32. The zero-order valence-electron chi connectivity index (χ0n) is 10.4. The van der Waals surface area contributed by atoms with Crippen molar-refractivity contribution in [3.8, 4) is 0 Å². The Hall–Kier alpha value is -1.17. The molecule has 0 aliphatic carbocycles. The SMILES string of the molecule is CC(C)[C@@H](Nc1cncc(Br)c1)C(=O)NCCF. The molecule has 4 nitrogen and oxygen atoms in total. The molecule has 1 aromatic rings. The molecule has 100 valence electrons. The van der Waals surface area contributed by atoms with E-state index in [1.807, 2.05) is 19.9 Å². The maximum absolute atomic E-state index is 12.0. The Morgan fingerprint density at radius 3 is 2.78 bits per heavy atom. The van der Waals surface area contributed by atoms with Gasteiger partial charge in [-0.25, -0.2) is 4.39 Å².